The minimum atomic E-state index is -0.332. The molecule has 10 heteroatoms. The largest absolute Gasteiger partial charge is 0.341 e. The predicted octanol–water partition coefficient (Wildman–Crippen LogP) is 5.98. The lowest BCUT2D eigenvalue weighted by molar-refractivity contribution is -0.117. The topological polar surface area (TPSA) is 73.8 Å². The van der Waals surface area contributed by atoms with Gasteiger partial charge in [0.25, 0.3) is 11.8 Å². The van der Waals surface area contributed by atoms with E-state index in [-0.39, 0.29) is 34.0 Å². The van der Waals surface area contributed by atoms with Crippen molar-refractivity contribution in [3.8, 4) is 0 Å². The number of carbonyl (C=O) groups is 2. The molecule has 1 heterocycles. The number of benzene rings is 2. The molecule has 3 rings (SSSR count). The number of anilines is 3. The first-order valence-electron chi connectivity index (χ1n) is 8.24. The zero-order valence-electron chi connectivity index (χ0n) is 15.0. The van der Waals surface area contributed by atoms with E-state index in [1.807, 2.05) is 0 Å². The smallest absolute Gasteiger partial charge is 0.255 e. The van der Waals surface area contributed by atoms with E-state index in [9.17, 15) is 9.59 Å². The highest BCUT2D eigenvalue weighted by molar-refractivity contribution is 6.42. The van der Waals surface area contributed by atoms with E-state index in [0.717, 1.165) is 5.01 Å². The normalized spacial score (nSPS) is 13.3. The van der Waals surface area contributed by atoms with Gasteiger partial charge in [-0.2, -0.15) is 10.1 Å². The third-order valence-electron chi connectivity index (χ3n) is 3.86. The SMILES string of the molecule is C=C(C)C(=O)Nc1ccc(Cl)c(NC2=NN(c3c(Cl)cc(Cl)cc3Cl)C(=O)C2)c1. The molecule has 0 aromatic heterocycles. The summed E-state index contributed by atoms with van der Waals surface area (Å²) < 4.78 is 0. The number of hydrazone groups is 1. The molecule has 0 aliphatic carbocycles. The fourth-order valence-corrected chi connectivity index (χ4v) is 3.64. The number of amides is 2. The molecule has 0 fully saturated rings. The van der Waals surface area contributed by atoms with Gasteiger partial charge in [0, 0.05) is 16.3 Å². The first-order chi connectivity index (χ1) is 13.7. The summed E-state index contributed by atoms with van der Waals surface area (Å²) in [5.74, 6) is -0.311. The second-order valence-corrected chi connectivity index (χ2v) is 7.86. The summed E-state index contributed by atoms with van der Waals surface area (Å²) in [6.45, 7) is 5.20. The Bertz CT molecular complexity index is 1050. The summed E-state index contributed by atoms with van der Waals surface area (Å²) in [7, 11) is 0. The van der Waals surface area contributed by atoms with Crippen LogP contribution in [0.4, 0.5) is 17.1 Å². The van der Waals surface area contributed by atoms with Crippen LogP contribution >= 0.6 is 46.4 Å². The van der Waals surface area contributed by atoms with Gasteiger partial charge in [-0.3, -0.25) is 9.59 Å². The molecule has 29 heavy (non-hydrogen) atoms. The van der Waals surface area contributed by atoms with E-state index in [1.54, 1.807) is 25.1 Å². The monoisotopic (exact) mass is 470 g/mol. The highest BCUT2D eigenvalue weighted by Crippen LogP contribution is 2.38. The summed E-state index contributed by atoms with van der Waals surface area (Å²) in [5.41, 5.74) is 1.59. The Morgan fingerprint density at radius 3 is 2.38 bits per heavy atom. The van der Waals surface area contributed by atoms with Gasteiger partial charge in [0.2, 0.25) is 0 Å². The number of halogens is 4. The molecule has 0 spiro atoms. The molecule has 0 radical (unpaired) electrons. The molecule has 1 aliphatic heterocycles. The molecule has 150 valence electrons. The van der Waals surface area contributed by atoms with Crippen LogP contribution in [0.25, 0.3) is 0 Å². The van der Waals surface area contributed by atoms with Crippen LogP contribution in [0.2, 0.25) is 20.1 Å². The highest BCUT2D eigenvalue weighted by Gasteiger charge is 2.29. The van der Waals surface area contributed by atoms with Crippen molar-refractivity contribution in [2.45, 2.75) is 13.3 Å². The van der Waals surface area contributed by atoms with Crippen LogP contribution in [0.5, 0.6) is 0 Å². The number of nitrogens with zero attached hydrogens (tertiary/aromatic N) is 2. The molecular weight excluding hydrogens is 458 g/mol. The number of carbonyl (C=O) groups excluding carboxylic acids is 2. The molecule has 2 aromatic rings. The third kappa shape index (κ3) is 4.85. The van der Waals surface area contributed by atoms with E-state index in [1.165, 1.54) is 12.1 Å². The van der Waals surface area contributed by atoms with E-state index >= 15 is 0 Å². The summed E-state index contributed by atoms with van der Waals surface area (Å²) in [5, 5.41) is 12.2. The Morgan fingerprint density at radius 2 is 1.76 bits per heavy atom. The summed E-state index contributed by atoms with van der Waals surface area (Å²) in [4.78, 5) is 24.3. The van der Waals surface area contributed by atoms with Crippen molar-refractivity contribution in [1.29, 1.82) is 0 Å². The Morgan fingerprint density at radius 1 is 1.10 bits per heavy atom. The fraction of sp³-hybridized carbons (Fsp3) is 0.105. The van der Waals surface area contributed by atoms with Gasteiger partial charge in [0.05, 0.1) is 27.2 Å². The van der Waals surface area contributed by atoms with Crippen LogP contribution in [-0.4, -0.2) is 17.6 Å². The lowest BCUT2D eigenvalue weighted by Gasteiger charge is -2.15. The van der Waals surface area contributed by atoms with Crippen LogP contribution in [0.1, 0.15) is 13.3 Å². The lowest BCUT2D eigenvalue weighted by atomic mass is 10.2. The van der Waals surface area contributed by atoms with Crippen molar-refractivity contribution >= 4 is 81.1 Å². The fourth-order valence-electron chi connectivity index (χ4n) is 2.50. The van der Waals surface area contributed by atoms with Crippen molar-refractivity contribution in [1.82, 2.24) is 0 Å². The third-order valence-corrected chi connectivity index (χ3v) is 4.98. The van der Waals surface area contributed by atoms with Crippen LogP contribution in [0.3, 0.4) is 0 Å². The van der Waals surface area contributed by atoms with Gasteiger partial charge in [-0.15, -0.1) is 0 Å². The lowest BCUT2D eigenvalue weighted by Crippen LogP contribution is -2.20. The molecule has 1 aliphatic rings. The van der Waals surface area contributed by atoms with Gasteiger partial charge in [-0.05, 0) is 37.3 Å². The summed E-state index contributed by atoms with van der Waals surface area (Å²) in [6, 6.07) is 7.84. The Hall–Kier alpha value is -2.25. The highest BCUT2D eigenvalue weighted by atomic mass is 35.5. The summed E-state index contributed by atoms with van der Waals surface area (Å²) >= 11 is 24.5. The van der Waals surface area contributed by atoms with Crippen LogP contribution < -0.4 is 15.6 Å². The van der Waals surface area contributed by atoms with E-state index < -0.39 is 0 Å². The average molecular weight is 472 g/mol. The van der Waals surface area contributed by atoms with E-state index in [0.29, 0.717) is 32.8 Å². The zero-order valence-corrected chi connectivity index (χ0v) is 18.0. The molecule has 2 amide bonds. The molecule has 2 aromatic carbocycles. The van der Waals surface area contributed by atoms with Crippen molar-refractivity contribution in [2.75, 3.05) is 15.6 Å². The van der Waals surface area contributed by atoms with Gasteiger partial charge in [-0.1, -0.05) is 53.0 Å². The Labute approximate surface area is 187 Å². The van der Waals surface area contributed by atoms with Crippen molar-refractivity contribution < 1.29 is 9.59 Å². The standard InChI is InChI=1S/C19H14Cl4N4O2/c1-9(2)19(29)24-11-3-4-12(21)15(7-11)25-16-8-17(28)27(26-16)18-13(22)5-10(20)6-14(18)23/h3-7H,1,8H2,2H3,(H,24,29)(H,25,26). The number of hydrogen-bond donors (Lipinski definition) is 2. The van der Waals surface area contributed by atoms with Gasteiger partial charge in [0.1, 0.15) is 11.5 Å². The Balaban J connectivity index is 1.86. The van der Waals surface area contributed by atoms with Crippen LogP contribution in [-0.2, 0) is 9.59 Å². The molecule has 0 saturated carbocycles. The van der Waals surface area contributed by atoms with Gasteiger partial charge >= 0.3 is 0 Å². The number of nitrogens with one attached hydrogen (secondary N) is 2. The zero-order chi connectivity index (χ0) is 21.3. The van der Waals surface area contributed by atoms with Gasteiger partial charge < -0.3 is 10.6 Å². The molecule has 0 unspecified atom stereocenters. The molecule has 0 saturated heterocycles. The van der Waals surface area contributed by atoms with Gasteiger partial charge in [-0.25, -0.2) is 0 Å². The quantitative estimate of drug-likeness (QED) is 0.538. The van der Waals surface area contributed by atoms with Crippen molar-refractivity contribution in [2.24, 2.45) is 5.10 Å². The molecular formula is C19H14Cl4N4O2. The maximum atomic E-state index is 12.5. The second kappa shape index (κ2) is 8.63. The van der Waals surface area contributed by atoms with E-state index in [2.05, 4.69) is 22.3 Å². The van der Waals surface area contributed by atoms with Crippen molar-refractivity contribution in [3.05, 3.63) is 62.6 Å². The number of amidine groups is 1. The molecule has 0 bridgehead atoms. The summed E-state index contributed by atoms with van der Waals surface area (Å²) in [6.07, 6.45) is -0.0199. The number of rotatable bonds is 4. The maximum absolute atomic E-state index is 12.5. The average Bonchev–Trinajstić information content (AvgIpc) is 2.97. The van der Waals surface area contributed by atoms with E-state index in [4.69, 9.17) is 46.4 Å². The van der Waals surface area contributed by atoms with Gasteiger partial charge in [0.15, 0.2) is 0 Å². The number of hydrogen-bond acceptors (Lipinski definition) is 4. The van der Waals surface area contributed by atoms with Crippen LogP contribution in [0, 0.1) is 0 Å². The maximum Gasteiger partial charge on any atom is 0.255 e. The molecule has 6 nitrogen and oxygen atoms in total. The second-order valence-electron chi connectivity index (χ2n) is 6.20. The minimum absolute atomic E-state index is 0.0199. The predicted molar refractivity (Wildman–Crippen MR) is 120 cm³/mol. The first-order valence-corrected chi connectivity index (χ1v) is 9.75. The Kier molecular flexibility index (Phi) is 6.39. The molecule has 0 atom stereocenters. The van der Waals surface area contributed by atoms with Crippen LogP contribution in [0.15, 0.2) is 47.6 Å². The first kappa shape index (κ1) is 21.5. The van der Waals surface area contributed by atoms with Crippen molar-refractivity contribution in [3.63, 3.8) is 0 Å². The molecule has 2 N–H and O–H groups in total. The minimum Gasteiger partial charge on any atom is -0.341 e.